The number of fused-ring (bicyclic) bond motifs is 3. The quantitative estimate of drug-likeness (QED) is 0.434. The molecule has 2 heterocycles. The Labute approximate surface area is 180 Å². The van der Waals surface area contributed by atoms with Crippen LogP contribution in [0, 0.1) is 6.92 Å². The number of nitrogens with zero attached hydrogens (tertiary/aromatic N) is 1. The molecule has 4 aromatic rings. The van der Waals surface area contributed by atoms with Gasteiger partial charge in [-0.3, -0.25) is 4.90 Å². The Morgan fingerprint density at radius 1 is 1.00 bits per heavy atom. The van der Waals surface area contributed by atoms with Gasteiger partial charge in [0.1, 0.15) is 23.8 Å². The lowest BCUT2D eigenvalue weighted by atomic mass is 10.0. The fourth-order valence-electron chi connectivity index (χ4n) is 3.96. The van der Waals surface area contributed by atoms with Crippen molar-refractivity contribution >= 4 is 11.0 Å². The predicted octanol–water partition coefficient (Wildman–Crippen LogP) is 5.13. The van der Waals surface area contributed by atoms with Crippen molar-refractivity contribution in [2.75, 3.05) is 13.8 Å². The molecule has 31 heavy (non-hydrogen) atoms. The lowest BCUT2D eigenvalue weighted by Crippen LogP contribution is -2.31. The van der Waals surface area contributed by atoms with Crippen LogP contribution in [-0.2, 0) is 13.1 Å². The van der Waals surface area contributed by atoms with Crippen LogP contribution >= 0.6 is 0 Å². The molecule has 0 saturated carbocycles. The molecule has 5 heteroatoms. The average molecular weight is 413 g/mol. The van der Waals surface area contributed by atoms with Crippen molar-refractivity contribution in [3.05, 3.63) is 93.8 Å². The van der Waals surface area contributed by atoms with Crippen molar-refractivity contribution in [2.24, 2.45) is 0 Å². The van der Waals surface area contributed by atoms with Gasteiger partial charge < -0.3 is 13.9 Å². The topological polar surface area (TPSA) is 51.9 Å². The van der Waals surface area contributed by atoms with Crippen LogP contribution in [0.15, 0.2) is 75.9 Å². The van der Waals surface area contributed by atoms with Crippen molar-refractivity contribution in [1.29, 1.82) is 0 Å². The maximum Gasteiger partial charge on any atom is 0.344 e. The van der Waals surface area contributed by atoms with E-state index in [1.807, 2.05) is 42.5 Å². The average Bonchev–Trinajstić information content (AvgIpc) is 2.80. The van der Waals surface area contributed by atoms with E-state index in [9.17, 15) is 4.79 Å². The number of aryl methyl sites for hydroxylation is 1. The van der Waals surface area contributed by atoms with Gasteiger partial charge in [0, 0.05) is 18.5 Å². The van der Waals surface area contributed by atoms with Gasteiger partial charge in [0.25, 0.3) is 0 Å². The highest BCUT2D eigenvalue weighted by Crippen LogP contribution is 2.33. The fourth-order valence-corrected chi connectivity index (χ4v) is 3.96. The van der Waals surface area contributed by atoms with Crippen molar-refractivity contribution in [3.8, 4) is 22.6 Å². The third kappa shape index (κ3) is 3.80. The molecule has 0 spiro atoms. The van der Waals surface area contributed by atoms with Crippen LogP contribution in [0.25, 0.3) is 22.1 Å². The second-order valence-electron chi connectivity index (χ2n) is 7.88. The van der Waals surface area contributed by atoms with Crippen LogP contribution in [0.3, 0.4) is 0 Å². The lowest BCUT2D eigenvalue weighted by Gasteiger charge is -2.29. The Kier molecular flexibility index (Phi) is 4.96. The summed E-state index contributed by atoms with van der Waals surface area (Å²) in [6, 6.07) is 21.7. The molecule has 0 unspecified atom stereocenters. The minimum Gasteiger partial charge on any atom is -0.497 e. The van der Waals surface area contributed by atoms with Gasteiger partial charge in [-0.15, -0.1) is 0 Å². The van der Waals surface area contributed by atoms with Crippen LogP contribution in [0.5, 0.6) is 11.5 Å². The van der Waals surface area contributed by atoms with E-state index in [0.717, 1.165) is 34.6 Å². The zero-order valence-corrected chi connectivity index (χ0v) is 17.6. The van der Waals surface area contributed by atoms with Gasteiger partial charge in [-0.1, -0.05) is 42.0 Å². The zero-order valence-electron chi connectivity index (χ0n) is 17.6. The fraction of sp³-hybridized carbons (Fsp3) is 0.192. The van der Waals surface area contributed by atoms with Gasteiger partial charge >= 0.3 is 5.63 Å². The van der Waals surface area contributed by atoms with E-state index in [1.54, 1.807) is 7.11 Å². The van der Waals surface area contributed by atoms with Gasteiger partial charge in [0.2, 0.25) is 0 Å². The number of benzene rings is 3. The van der Waals surface area contributed by atoms with Crippen LogP contribution < -0.4 is 15.1 Å². The summed E-state index contributed by atoms with van der Waals surface area (Å²) >= 11 is 0. The molecule has 5 rings (SSSR count). The molecule has 0 saturated heterocycles. The normalized spacial score (nSPS) is 13.6. The highest BCUT2D eigenvalue weighted by Gasteiger charge is 2.22. The molecule has 1 aliphatic heterocycles. The first-order valence-corrected chi connectivity index (χ1v) is 10.3. The monoisotopic (exact) mass is 413 g/mol. The molecule has 1 aliphatic rings. The van der Waals surface area contributed by atoms with Crippen molar-refractivity contribution in [3.63, 3.8) is 0 Å². The lowest BCUT2D eigenvalue weighted by molar-refractivity contribution is 0.0890. The molecule has 1 aromatic heterocycles. The molecule has 0 N–H and O–H groups in total. The van der Waals surface area contributed by atoms with Gasteiger partial charge in [0.05, 0.1) is 18.2 Å². The molecule has 0 aliphatic carbocycles. The van der Waals surface area contributed by atoms with Crippen molar-refractivity contribution in [1.82, 2.24) is 4.90 Å². The van der Waals surface area contributed by atoms with Crippen LogP contribution in [-0.4, -0.2) is 18.7 Å². The summed E-state index contributed by atoms with van der Waals surface area (Å²) in [5, 5.41) is 0.880. The molecule has 5 nitrogen and oxygen atoms in total. The predicted molar refractivity (Wildman–Crippen MR) is 120 cm³/mol. The minimum atomic E-state index is -0.360. The smallest absolute Gasteiger partial charge is 0.344 e. The highest BCUT2D eigenvalue weighted by molar-refractivity contribution is 5.86. The van der Waals surface area contributed by atoms with E-state index in [4.69, 9.17) is 13.9 Å². The van der Waals surface area contributed by atoms with Crippen molar-refractivity contribution < 1.29 is 13.9 Å². The van der Waals surface area contributed by atoms with Gasteiger partial charge in [0.15, 0.2) is 0 Å². The molecule has 0 atom stereocenters. The second kappa shape index (κ2) is 7.93. The van der Waals surface area contributed by atoms with Crippen LogP contribution in [0.4, 0.5) is 0 Å². The Bertz CT molecular complexity index is 1290. The summed E-state index contributed by atoms with van der Waals surface area (Å²) in [6.45, 7) is 4.01. The third-order valence-corrected chi connectivity index (χ3v) is 5.67. The number of ether oxygens (including phenoxy) is 2. The highest BCUT2D eigenvalue weighted by atomic mass is 16.5. The third-order valence-electron chi connectivity index (χ3n) is 5.67. The molecule has 156 valence electrons. The molecular weight excluding hydrogens is 390 g/mol. The van der Waals surface area contributed by atoms with E-state index >= 15 is 0 Å². The number of hydrogen-bond acceptors (Lipinski definition) is 5. The van der Waals surface area contributed by atoms with E-state index in [1.165, 1.54) is 11.1 Å². The molecule has 0 radical (unpaired) electrons. The van der Waals surface area contributed by atoms with Gasteiger partial charge in [-0.05, 0) is 48.4 Å². The number of methoxy groups -OCH3 is 1. The van der Waals surface area contributed by atoms with Crippen LogP contribution in [0.1, 0.15) is 16.7 Å². The van der Waals surface area contributed by atoms with E-state index in [2.05, 4.69) is 36.1 Å². The molecular formula is C26H23NO4. The molecule has 3 aromatic carbocycles. The summed E-state index contributed by atoms with van der Waals surface area (Å²) in [4.78, 5) is 15.0. The second-order valence-corrected chi connectivity index (χ2v) is 7.88. The van der Waals surface area contributed by atoms with Crippen molar-refractivity contribution in [2.45, 2.75) is 20.0 Å². The summed E-state index contributed by atoms with van der Waals surface area (Å²) in [7, 11) is 1.62. The first kappa shape index (κ1) is 19.4. The molecule has 0 amide bonds. The maximum absolute atomic E-state index is 12.8. The minimum absolute atomic E-state index is 0.360. The number of rotatable bonds is 4. The molecule has 0 fully saturated rings. The van der Waals surface area contributed by atoms with E-state index in [0.29, 0.717) is 24.4 Å². The largest absolute Gasteiger partial charge is 0.497 e. The summed E-state index contributed by atoms with van der Waals surface area (Å²) in [5.41, 5.74) is 4.93. The molecule has 0 bridgehead atoms. The first-order chi connectivity index (χ1) is 15.1. The van der Waals surface area contributed by atoms with Gasteiger partial charge in [-0.25, -0.2) is 4.79 Å². The Balaban J connectivity index is 1.49. The Morgan fingerprint density at radius 3 is 2.52 bits per heavy atom. The first-order valence-electron chi connectivity index (χ1n) is 10.3. The van der Waals surface area contributed by atoms with E-state index < -0.39 is 0 Å². The SMILES string of the molecule is COc1ccc(-c2cc3ccc4c(c3oc2=O)CN(Cc2ccc(C)cc2)CO4)cc1. The summed E-state index contributed by atoms with van der Waals surface area (Å²) < 4.78 is 17.0. The van der Waals surface area contributed by atoms with E-state index in [-0.39, 0.29) is 5.63 Å². The standard InChI is InChI=1S/C26H23NO4/c1-17-3-5-18(6-4-17)14-27-15-23-24(30-16-27)12-9-20-13-22(26(28)31-25(20)23)19-7-10-21(29-2)11-8-19/h3-13H,14-16H2,1-2H3. The Morgan fingerprint density at radius 2 is 1.77 bits per heavy atom. The Hall–Kier alpha value is -3.57. The summed E-state index contributed by atoms with van der Waals surface area (Å²) in [6.07, 6.45) is 0. The zero-order chi connectivity index (χ0) is 21.4. The maximum atomic E-state index is 12.8. The van der Waals surface area contributed by atoms with Gasteiger partial charge in [-0.2, -0.15) is 0 Å². The summed E-state index contributed by atoms with van der Waals surface area (Å²) in [5.74, 6) is 1.52. The number of hydrogen-bond donors (Lipinski definition) is 0. The van der Waals surface area contributed by atoms with Crippen LogP contribution in [0.2, 0.25) is 0 Å².